The summed E-state index contributed by atoms with van der Waals surface area (Å²) in [7, 11) is 0. The molecule has 0 atom stereocenters. The van der Waals surface area contributed by atoms with Gasteiger partial charge in [0.05, 0.1) is 11.5 Å². The van der Waals surface area contributed by atoms with Gasteiger partial charge < -0.3 is 10.1 Å². The molecule has 33 heavy (non-hydrogen) atoms. The molecular weight excluding hydrogens is 490 g/mol. The van der Waals surface area contributed by atoms with E-state index < -0.39 is 16.9 Å². The molecule has 9 heteroatoms. The summed E-state index contributed by atoms with van der Waals surface area (Å²) < 4.78 is 6.61. The summed E-state index contributed by atoms with van der Waals surface area (Å²) in [5.41, 5.74) is 2.44. The van der Waals surface area contributed by atoms with Gasteiger partial charge in [-0.15, -0.1) is 0 Å². The van der Waals surface area contributed by atoms with Gasteiger partial charge in [-0.25, -0.2) is 4.79 Å². The fourth-order valence-electron chi connectivity index (χ4n) is 3.24. The van der Waals surface area contributed by atoms with Gasteiger partial charge in [0.1, 0.15) is 18.1 Å². The minimum atomic E-state index is -0.467. The van der Waals surface area contributed by atoms with Crippen molar-refractivity contribution in [2.45, 2.75) is 13.2 Å². The second-order valence-corrected chi connectivity index (χ2v) is 8.21. The van der Waals surface area contributed by atoms with E-state index in [1.165, 1.54) is 12.1 Å². The van der Waals surface area contributed by atoms with Crippen LogP contribution in [0.25, 0.3) is 6.08 Å². The van der Waals surface area contributed by atoms with E-state index in [0.29, 0.717) is 16.9 Å². The van der Waals surface area contributed by atoms with Crippen LogP contribution in [0.15, 0.2) is 83.0 Å². The van der Waals surface area contributed by atoms with Crippen molar-refractivity contribution in [1.29, 1.82) is 0 Å². The van der Waals surface area contributed by atoms with Crippen molar-refractivity contribution in [2.75, 3.05) is 0 Å². The normalized spacial score (nSPS) is 14.5. The zero-order valence-corrected chi connectivity index (χ0v) is 18.8. The Balaban J connectivity index is 1.39. The predicted molar refractivity (Wildman–Crippen MR) is 125 cm³/mol. The molecule has 4 rings (SSSR count). The maximum absolute atomic E-state index is 12.7. The smallest absolute Gasteiger partial charge is 0.329 e. The highest BCUT2D eigenvalue weighted by molar-refractivity contribution is 9.10. The SMILES string of the molecule is O=C1N/C(=C/c2ccc(OCc3cccc([N+](=O)[O-])c3)cc2)C(=O)N1Cc1ccc(Br)cc1. The van der Waals surface area contributed by atoms with Crippen molar-refractivity contribution in [1.82, 2.24) is 10.2 Å². The summed E-state index contributed by atoms with van der Waals surface area (Å²) in [6.45, 7) is 0.362. The number of nitro groups is 1. The summed E-state index contributed by atoms with van der Waals surface area (Å²) >= 11 is 3.36. The van der Waals surface area contributed by atoms with Gasteiger partial charge in [0, 0.05) is 16.6 Å². The molecule has 0 bridgehead atoms. The van der Waals surface area contributed by atoms with Crippen LogP contribution in [0.3, 0.4) is 0 Å². The number of benzene rings is 3. The monoisotopic (exact) mass is 507 g/mol. The number of hydrogen-bond donors (Lipinski definition) is 1. The Morgan fingerprint density at radius 2 is 1.73 bits per heavy atom. The van der Waals surface area contributed by atoms with Gasteiger partial charge in [-0.3, -0.25) is 19.8 Å². The minimum Gasteiger partial charge on any atom is -0.489 e. The van der Waals surface area contributed by atoms with Crippen LogP contribution in [-0.4, -0.2) is 21.8 Å². The fourth-order valence-corrected chi connectivity index (χ4v) is 3.51. The number of amides is 3. The first-order valence-corrected chi connectivity index (χ1v) is 10.7. The third-order valence-corrected chi connectivity index (χ3v) is 5.46. The first kappa shape index (κ1) is 22.2. The van der Waals surface area contributed by atoms with E-state index in [1.807, 2.05) is 24.3 Å². The van der Waals surface area contributed by atoms with E-state index in [2.05, 4.69) is 21.2 Å². The number of carbonyl (C=O) groups excluding carboxylic acids is 2. The number of imide groups is 1. The molecule has 1 heterocycles. The van der Waals surface area contributed by atoms with E-state index >= 15 is 0 Å². The number of hydrogen-bond acceptors (Lipinski definition) is 5. The van der Waals surface area contributed by atoms with E-state index in [-0.39, 0.29) is 24.5 Å². The third-order valence-electron chi connectivity index (χ3n) is 4.93. The Kier molecular flexibility index (Phi) is 6.50. The number of rotatable bonds is 7. The zero-order valence-electron chi connectivity index (χ0n) is 17.2. The van der Waals surface area contributed by atoms with Crippen molar-refractivity contribution in [3.63, 3.8) is 0 Å². The molecule has 3 aromatic rings. The van der Waals surface area contributed by atoms with Crippen LogP contribution in [0, 0.1) is 10.1 Å². The van der Waals surface area contributed by atoms with Crippen LogP contribution in [0.2, 0.25) is 0 Å². The molecule has 0 spiro atoms. The quantitative estimate of drug-likeness (QED) is 0.209. The number of ether oxygens (including phenoxy) is 1. The summed E-state index contributed by atoms with van der Waals surface area (Å²) in [5.74, 6) is 0.177. The number of urea groups is 1. The topological polar surface area (TPSA) is 102 Å². The molecule has 0 unspecified atom stereocenters. The Morgan fingerprint density at radius 1 is 1.00 bits per heavy atom. The average Bonchev–Trinajstić information content (AvgIpc) is 3.07. The van der Waals surface area contributed by atoms with E-state index in [0.717, 1.165) is 14.9 Å². The highest BCUT2D eigenvalue weighted by Crippen LogP contribution is 2.21. The summed E-state index contributed by atoms with van der Waals surface area (Å²) in [6, 6.07) is 20.2. The first-order valence-electron chi connectivity index (χ1n) is 9.94. The molecule has 3 aromatic carbocycles. The average molecular weight is 508 g/mol. The molecular formula is C24H18BrN3O5. The second kappa shape index (κ2) is 9.66. The van der Waals surface area contributed by atoms with Crippen LogP contribution in [-0.2, 0) is 17.9 Å². The van der Waals surface area contributed by atoms with Gasteiger partial charge in [-0.1, -0.05) is 52.3 Å². The van der Waals surface area contributed by atoms with Crippen molar-refractivity contribution < 1.29 is 19.2 Å². The Hall–Kier alpha value is -3.98. The van der Waals surface area contributed by atoms with Gasteiger partial charge in [0.2, 0.25) is 0 Å². The second-order valence-electron chi connectivity index (χ2n) is 7.29. The summed E-state index contributed by atoms with van der Waals surface area (Å²) in [6.07, 6.45) is 1.60. The highest BCUT2D eigenvalue weighted by atomic mass is 79.9. The largest absolute Gasteiger partial charge is 0.489 e. The molecule has 1 aliphatic rings. The molecule has 0 aliphatic carbocycles. The molecule has 3 amide bonds. The van der Waals surface area contributed by atoms with Crippen LogP contribution in [0.1, 0.15) is 16.7 Å². The standard InChI is InChI=1S/C24H18BrN3O5/c25-19-8-4-17(5-9-19)14-27-23(29)22(26-24(27)30)13-16-6-10-21(11-7-16)33-15-18-2-1-3-20(12-18)28(31)32/h1-13H,14-15H2,(H,26,30)/b22-13+. The van der Waals surface area contributed by atoms with Crippen LogP contribution in [0.4, 0.5) is 10.5 Å². The molecule has 1 saturated heterocycles. The zero-order chi connectivity index (χ0) is 23.4. The lowest BCUT2D eigenvalue weighted by Crippen LogP contribution is -2.30. The molecule has 1 N–H and O–H groups in total. The van der Waals surface area contributed by atoms with E-state index in [9.17, 15) is 19.7 Å². The summed E-state index contributed by atoms with van der Waals surface area (Å²) in [4.78, 5) is 36.6. The lowest BCUT2D eigenvalue weighted by molar-refractivity contribution is -0.384. The molecule has 0 radical (unpaired) electrons. The number of nitro benzene ring substituents is 1. The van der Waals surface area contributed by atoms with E-state index in [4.69, 9.17) is 4.74 Å². The molecule has 1 fully saturated rings. The number of non-ortho nitro benzene ring substituents is 1. The third kappa shape index (κ3) is 5.45. The van der Waals surface area contributed by atoms with E-state index in [1.54, 1.807) is 42.5 Å². The number of nitrogens with one attached hydrogen (secondary N) is 1. The minimum absolute atomic E-state index is 0.00975. The number of halogens is 1. The van der Waals surface area contributed by atoms with Crippen molar-refractivity contribution >= 4 is 39.6 Å². The number of nitrogens with zero attached hydrogens (tertiary/aromatic N) is 2. The van der Waals surface area contributed by atoms with Crippen LogP contribution < -0.4 is 10.1 Å². The van der Waals surface area contributed by atoms with Crippen molar-refractivity contribution in [3.05, 3.63) is 110 Å². The fraction of sp³-hybridized carbons (Fsp3) is 0.0833. The Morgan fingerprint density at radius 3 is 2.42 bits per heavy atom. The number of carbonyl (C=O) groups is 2. The summed E-state index contributed by atoms with van der Waals surface area (Å²) in [5, 5.41) is 13.5. The van der Waals surface area contributed by atoms with Gasteiger partial charge >= 0.3 is 6.03 Å². The molecule has 0 aromatic heterocycles. The molecule has 0 saturated carbocycles. The maximum Gasteiger partial charge on any atom is 0.329 e. The van der Waals surface area contributed by atoms with Crippen molar-refractivity contribution in [2.24, 2.45) is 0 Å². The van der Waals surface area contributed by atoms with Gasteiger partial charge in [-0.2, -0.15) is 0 Å². The maximum atomic E-state index is 12.7. The molecule has 166 valence electrons. The lowest BCUT2D eigenvalue weighted by atomic mass is 10.1. The van der Waals surface area contributed by atoms with Crippen molar-refractivity contribution in [3.8, 4) is 5.75 Å². The predicted octanol–water partition coefficient (Wildman–Crippen LogP) is 5.03. The van der Waals surface area contributed by atoms with Gasteiger partial charge in [0.25, 0.3) is 11.6 Å². The molecule has 1 aliphatic heterocycles. The van der Waals surface area contributed by atoms with Gasteiger partial charge in [-0.05, 0) is 47.0 Å². The Labute approximate surface area is 197 Å². The molecule has 8 nitrogen and oxygen atoms in total. The van der Waals surface area contributed by atoms with Crippen LogP contribution >= 0.6 is 15.9 Å². The Bertz CT molecular complexity index is 1240. The lowest BCUT2D eigenvalue weighted by Gasteiger charge is -2.11. The highest BCUT2D eigenvalue weighted by Gasteiger charge is 2.33. The van der Waals surface area contributed by atoms with Gasteiger partial charge in [0.15, 0.2) is 0 Å². The first-order chi connectivity index (χ1) is 15.9. The van der Waals surface area contributed by atoms with Crippen LogP contribution in [0.5, 0.6) is 5.75 Å².